The van der Waals surface area contributed by atoms with Gasteiger partial charge in [-0.25, -0.2) is 18.6 Å². The minimum atomic E-state index is -0.887. The molecule has 0 N–H and O–H groups in total. The number of carbonyl (C=O) groups is 1. The molecule has 0 aliphatic rings. The Morgan fingerprint density at radius 1 is 1.28 bits per heavy atom. The van der Waals surface area contributed by atoms with Gasteiger partial charge in [0, 0.05) is 12.3 Å². The Balaban J connectivity index is 2.39. The smallest absolute Gasteiger partial charge is 0.343 e. The van der Waals surface area contributed by atoms with Crippen LogP contribution in [-0.2, 0) is 4.74 Å². The summed E-state index contributed by atoms with van der Waals surface area (Å²) in [5.41, 5.74) is -0.957. The number of benzene rings is 1. The maximum absolute atomic E-state index is 14.2. The van der Waals surface area contributed by atoms with Crippen molar-refractivity contribution in [2.45, 2.75) is 6.92 Å². The lowest BCUT2D eigenvalue weighted by molar-refractivity contribution is 0.0524. The van der Waals surface area contributed by atoms with Gasteiger partial charge < -0.3 is 4.74 Å². The molecule has 128 valence electrons. The summed E-state index contributed by atoms with van der Waals surface area (Å²) in [6.07, 6.45) is 1.11. The van der Waals surface area contributed by atoms with Gasteiger partial charge in [-0.1, -0.05) is 11.6 Å². The van der Waals surface area contributed by atoms with E-state index in [4.69, 9.17) is 16.3 Å². The highest BCUT2D eigenvalue weighted by atomic mass is 35.5. The molecule has 0 aliphatic carbocycles. The third-order valence-electron chi connectivity index (χ3n) is 3.48. The molecule has 3 rings (SSSR count). The van der Waals surface area contributed by atoms with Crippen molar-refractivity contribution in [1.82, 2.24) is 9.55 Å². The van der Waals surface area contributed by atoms with Gasteiger partial charge in [0.1, 0.15) is 28.0 Å². The first kappa shape index (κ1) is 17.0. The van der Waals surface area contributed by atoms with E-state index in [0.717, 1.165) is 12.3 Å². The van der Waals surface area contributed by atoms with E-state index < -0.39 is 23.0 Å². The lowest BCUT2D eigenvalue weighted by Crippen LogP contribution is -2.21. The van der Waals surface area contributed by atoms with Gasteiger partial charge in [-0.2, -0.15) is 0 Å². The molecule has 0 bridgehead atoms. The van der Waals surface area contributed by atoms with Crippen molar-refractivity contribution >= 4 is 28.6 Å². The van der Waals surface area contributed by atoms with Crippen LogP contribution in [0.5, 0.6) is 0 Å². The van der Waals surface area contributed by atoms with Gasteiger partial charge in [0.15, 0.2) is 0 Å². The summed E-state index contributed by atoms with van der Waals surface area (Å²) in [6, 6.07) is 5.68. The first-order chi connectivity index (χ1) is 11.9. The maximum atomic E-state index is 14.2. The van der Waals surface area contributed by atoms with Crippen LogP contribution in [0.2, 0.25) is 5.15 Å². The fourth-order valence-corrected chi connectivity index (χ4v) is 2.54. The van der Waals surface area contributed by atoms with E-state index in [1.54, 1.807) is 6.92 Å². The molecule has 0 amide bonds. The molecule has 0 unspecified atom stereocenters. The molecule has 0 spiro atoms. The maximum Gasteiger partial charge on any atom is 0.343 e. The lowest BCUT2D eigenvalue weighted by Gasteiger charge is -2.13. The van der Waals surface area contributed by atoms with E-state index >= 15 is 0 Å². The second-order valence-electron chi connectivity index (χ2n) is 5.06. The summed E-state index contributed by atoms with van der Waals surface area (Å²) < 4.78 is 33.5. The number of hydrogen-bond acceptors (Lipinski definition) is 4. The van der Waals surface area contributed by atoms with Crippen molar-refractivity contribution in [1.29, 1.82) is 0 Å². The van der Waals surface area contributed by atoms with Gasteiger partial charge in [-0.3, -0.25) is 9.36 Å². The Morgan fingerprint density at radius 3 is 2.72 bits per heavy atom. The van der Waals surface area contributed by atoms with Gasteiger partial charge >= 0.3 is 5.97 Å². The van der Waals surface area contributed by atoms with Crippen LogP contribution in [0.4, 0.5) is 8.78 Å². The van der Waals surface area contributed by atoms with E-state index in [-0.39, 0.29) is 34.0 Å². The number of carbonyl (C=O) groups excluding carboxylic acids is 1. The predicted molar refractivity (Wildman–Crippen MR) is 88.2 cm³/mol. The number of pyridine rings is 2. The van der Waals surface area contributed by atoms with Crippen molar-refractivity contribution in [3.8, 4) is 5.69 Å². The van der Waals surface area contributed by atoms with Crippen LogP contribution in [-0.4, -0.2) is 22.1 Å². The van der Waals surface area contributed by atoms with E-state index in [1.165, 1.54) is 22.8 Å². The molecule has 8 heteroatoms. The summed E-state index contributed by atoms with van der Waals surface area (Å²) in [7, 11) is 0. The van der Waals surface area contributed by atoms with Crippen LogP contribution in [0, 0.1) is 11.6 Å². The third kappa shape index (κ3) is 3.10. The minimum Gasteiger partial charge on any atom is -0.462 e. The van der Waals surface area contributed by atoms with Crippen molar-refractivity contribution in [3.05, 3.63) is 69.1 Å². The number of rotatable bonds is 3. The number of hydrogen-bond donors (Lipinski definition) is 0. The van der Waals surface area contributed by atoms with Crippen molar-refractivity contribution in [2.75, 3.05) is 6.61 Å². The van der Waals surface area contributed by atoms with E-state index in [2.05, 4.69) is 4.98 Å². The second kappa shape index (κ2) is 6.60. The normalized spacial score (nSPS) is 10.9. The van der Waals surface area contributed by atoms with Crippen LogP contribution in [0.15, 0.2) is 41.3 Å². The molecule has 0 radical (unpaired) electrons. The Bertz CT molecular complexity index is 1050. The van der Waals surface area contributed by atoms with Gasteiger partial charge in [0.25, 0.3) is 0 Å². The molecule has 5 nitrogen and oxygen atoms in total. The van der Waals surface area contributed by atoms with Gasteiger partial charge in [-0.15, -0.1) is 0 Å². The molecular formula is C17H11ClF2N2O3. The Hall–Kier alpha value is -2.80. The molecule has 25 heavy (non-hydrogen) atoms. The lowest BCUT2D eigenvalue weighted by atomic mass is 10.1. The minimum absolute atomic E-state index is 0.0380. The Kier molecular flexibility index (Phi) is 4.50. The zero-order valence-electron chi connectivity index (χ0n) is 12.9. The Labute approximate surface area is 145 Å². The molecule has 0 atom stereocenters. The predicted octanol–water partition coefficient (Wildman–Crippen LogP) is 3.49. The van der Waals surface area contributed by atoms with E-state index in [1.807, 2.05) is 0 Å². The first-order valence-electron chi connectivity index (χ1n) is 7.27. The highest BCUT2D eigenvalue weighted by Crippen LogP contribution is 2.21. The molecule has 0 fully saturated rings. The topological polar surface area (TPSA) is 61.2 Å². The summed E-state index contributed by atoms with van der Waals surface area (Å²) in [5, 5.41) is 0.130. The summed E-state index contributed by atoms with van der Waals surface area (Å²) in [6.45, 7) is 1.67. The van der Waals surface area contributed by atoms with Gasteiger partial charge in [0.05, 0.1) is 17.7 Å². The molecule has 3 aromatic rings. The summed E-state index contributed by atoms with van der Waals surface area (Å²) in [4.78, 5) is 28.6. The number of halogens is 3. The van der Waals surface area contributed by atoms with Crippen molar-refractivity contribution < 1.29 is 18.3 Å². The fourth-order valence-electron chi connectivity index (χ4n) is 2.39. The summed E-state index contributed by atoms with van der Waals surface area (Å²) in [5.74, 6) is -2.50. The third-order valence-corrected chi connectivity index (χ3v) is 3.69. The number of aromatic nitrogens is 2. The van der Waals surface area contributed by atoms with Crippen LogP contribution in [0.1, 0.15) is 17.3 Å². The van der Waals surface area contributed by atoms with Crippen LogP contribution < -0.4 is 5.43 Å². The molecule has 0 saturated heterocycles. The molecule has 2 aromatic heterocycles. The fraction of sp³-hybridized carbons (Fsp3) is 0.118. The number of ether oxygens (including phenoxy) is 1. The molecule has 1 aromatic carbocycles. The average molecular weight is 365 g/mol. The van der Waals surface area contributed by atoms with Crippen LogP contribution >= 0.6 is 11.6 Å². The average Bonchev–Trinajstić information content (AvgIpc) is 2.56. The van der Waals surface area contributed by atoms with Gasteiger partial charge in [-0.05, 0) is 31.2 Å². The number of nitrogens with zero attached hydrogens (tertiary/aromatic N) is 2. The quantitative estimate of drug-likeness (QED) is 0.527. The first-order valence-corrected chi connectivity index (χ1v) is 7.64. The monoisotopic (exact) mass is 364 g/mol. The standard InChI is InChI=1S/C17H11ClF2N2O3/c1-2-25-17(24)11-8-22(13-5-3-9(19)7-12(13)20)16-10(15(11)23)4-6-14(18)21-16/h3-8H,2H2,1H3. The molecule has 0 aliphatic heterocycles. The number of fused-ring (bicyclic) bond motifs is 1. The zero-order valence-corrected chi connectivity index (χ0v) is 13.7. The van der Waals surface area contributed by atoms with E-state index in [9.17, 15) is 18.4 Å². The summed E-state index contributed by atoms with van der Waals surface area (Å²) >= 11 is 5.88. The second-order valence-corrected chi connectivity index (χ2v) is 5.45. The van der Waals surface area contributed by atoms with Crippen LogP contribution in [0.25, 0.3) is 16.7 Å². The SMILES string of the molecule is CCOC(=O)c1cn(-c2ccc(F)cc2F)c2nc(Cl)ccc2c1=O. The largest absolute Gasteiger partial charge is 0.462 e. The van der Waals surface area contributed by atoms with Crippen LogP contribution in [0.3, 0.4) is 0 Å². The molecular weight excluding hydrogens is 354 g/mol. The molecule has 2 heterocycles. The van der Waals surface area contributed by atoms with Crippen molar-refractivity contribution in [2.24, 2.45) is 0 Å². The zero-order chi connectivity index (χ0) is 18.1. The highest BCUT2D eigenvalue weighted by molar-refractivity contribution is 6.29. The Morgan fingerprint density at radius 2 is 2.04 bits per heavy atom. The number of esters is 1. The van der Waals surface area contributed by atoms with Crippen molar-refractivity contribution in [3.63, 3.8) is 0 Å². The van der Waals surface area contributed by atoms with Gasteiger partial charge in [0.2, 0.25) is 5.43 Å². The highest BCUT2D eigenvalue weighted by Gasteiger charge is 2.19. The van der Waals surface area contributed by atoms with E-state index in [0.29, 0.717) is 6.07 Å². The molecule has 0 saturated carbocycles.